The highest BCUT2D eigenvalue weighted by atomic mass is 79.9. The van der Waals surface area contributed by atoms with Gasteiger partial charge in [0.25, 0.3) is 5.56 Å². The summed E-state index contributed by atoms with van der Waals surface area (Å²) in [5, 5.41) is 0.797. The van der Waals surface area contributed by atoms with E-state index >= 15 is 0 Å². The number of pyridine rings is 1. The van der Waals surface area contributed by atoms with E-state index in [-0.39, 0.29) is 11.3 Å². The fourth-order valence-electron chi connectivity index (χ4n) is 3.19. The average Bonchev–Trinajstić information content (AvgIpc) is 3.11. The molecule has 2 aromatic heterocycles. The van der Waals surface area contributed by atoms with Crippen LogP contribution in [0.3, 0.4) is 0 Å². The van der Waals surface area contributed by atoms with Gasteiger partial charge in [0.2, 0.25) is 0 Å². The Bertz CT molecular complexity index is 1270. The van der Waals surface area contributed by atoms with Gasteiger partial charge in [-0.3, -0.25) is 9.59 Å². The van der Waals surface area contributed by atoms with E-state index in [9.17, 15) is 9.59 Å². The summed E-state index contributed by atoms with van der Waals surface area (Å²) >= 11 is 3.48. The van der Waals surface area contributed by atoms with Crippen LogP contribution in [0.2, 0.25) is 0 Å². The third-order valence-corrected chi connectivity index (χ3v) is 4.94. The molecule has 4 aromatic rings. The number of ketones is 1. The van der Waals surface area contributed by atoms with Gasteiger partial charge >= 0.3 is 0 Å². The average molecular weight is 434 g/mol. The van der Waals surface area contributed by atoms with Gasteiger partial charge in [0.15, 0.2) is 5.78 Å². The van der Waals surface area contributed by atoms with E-state index in [0.29, 0.717) is 16.8 Å². The van der Waals surface area contributed by atoms with Crippen LogP contribution in [-0.2, 0) is 0 Å². The number of nitrogens with one attached hydrogen (secondary N) is 1. The van der Waals surface area contributed by atoms with Crippen molar-refractivity contribution in [2.24, 2.45) is 0 Å². The van der Waals surface area contributed by atoms with Gasteiger partial charge in [0, 0.05) is 20.9 Å². The molecule has 0 aliphatic rings. The van der Waals surface area contributed by atoms with Crippen LogP contribution in [-0.4, -0.2) is 10.8 Å². The minimum atomic E-state index is -0.418. The van der Waals surface area contributed by atoms with Gasteiger partial charge in [-0.2, -0.15) is 0 Å². The van der Waals surface area contributed by atoms with Gasteiger partial charge < -0.3 is 9.40 Å². The molecule has 0 saturated carbocycles. The normalized spacial score (nSPS) is 11.4. The number of benzene rings is 2. The molecule has 138 valence electrons. The van der Waals surface area contributed by atoms with Crippen LogP contribution in [0.4, 0.5) is 0 Å². The number of H-pyrrole nitrogens is 1. The van der Waals surface area contributed by atoms with Crippen molar-refractivity contribution < 1.29 is 9.21 Å². The Balaban J connectivity index is 1.94. The predicted molar refractivity (Wildman–Crippen MR) is 115 cm³/mol. The van der Waals surface area contributed by atoms with Gasteiger partial charge in [-0.25, -0.2) is 0 Å². The van der Waals surface area contributed by atoms with Crippen molar-refractivity contribution in [2.45, 2.75) is 6.92 Å². The van der Waals surface area contributed by atoms with E-state index in [4.69, 9.17) is 4.42 Å². The fraction of sp³-hybridized carbons (Fsp3) is 0.0435. The highest BCUT2D eigenvalue weighted by Crippen LogP contribution is 2.31. The number of aryl methyl sites for hydroxylation is 1. The van der Waals surface area contributed by atoms with Crippen molar-refractivity contribution in [1.29, 1.82) is 0 Å². The summed E-state index contributed by atoms with van der Waals surface area (Å²) < 4.78 is 6.33. The van der Waals surface area contributed by atoms with Crippen LogP contribution in [0.15, 0.2) is 80.4 Å². The molecule has 0 spiro atoms. The predicted octanol–water partition coefficient (Wildman–Crippen LogP) is 5.76. The van der Waals surface area contributed by atoms with E-state index in [2.05, 4.69) is 20.9 Å². The number of carbonyl (C=O) groups is 1. The molecule has 0 unspecified atom stereocenters. The zero-order valence-corrected chi connectivity index (χ0v) is 16.6. The summed E-state index contributed by atoms with van der Waals surface area (Å²) in [7, 11) is 0. The van der Waals surface area contributed by atoms with E-state index in [1.54, 1.807) is 12.1 Å². The number of halogens is 1. The first kappa shape index (κ1) is 18.2. The number of fused-ring (bicyclic) bond motifs is 1. The zero-order valence-electron chi connectivity index (χ0n) is 15.0. The maximum Gasteiger partial charge on any atom is 0.260 e. The molecular formula is C23H16BrNO3. The van der Waals surface area contributed by atoms with Gasteiger partial charge in [0.1, 0.15) is 11.5 Å². The number of allylic oxidation sites excluding steroid dienone is 1. The summed E-state index contributed by atoms with van der Waals surface area (Å²) in [6.45, 7) is 1.83. The fourth-order valence-corrected chi connectivity index (χ4v) is 3.55. The molecule has 0 radical (unpaired) electrons. The summed E-state index contributed by atoms with van der Waals surface area (Å²) in [4.78, 5) is 28.7. The van der Waals surface area contributed by atoms with Crippen LogP contribution in [0, 0.1) is 6.92 Å². The Kier molecular flexibility index (Phi) is 4.84. The molecule has 0 aliphatic carbocycles. The minimum absolute atomic E-state index is 0.108. The molecule has 2 aromatic carbocycles. The number of hydrogen-bond donors (Lipinski definition) is 1. The quantitative estimate of drug-likeness (QED) is 0.328. The summed E-state index contributed by atoms with van der Waals surface area (Å²) in [5.41, 5.74) is 1.79. The van der Waals surface area contributed by atoms with Crippen molar-refractivity contribution in [3.63, 3.8) is 0 Å². The lowest BCUT2D eigenvalue weighted by Crippen LogP contribution is -2.18. The van der Waals surface area contributed by atoms with E-state index in [1.165, 1.54) is 6.08 Å². The van der Waals surface area contributed by atoms with Crippen LogP contribution < -0.4 is 5.56 Å². The van der Waals surface area contributed by atoms with Crippen LogP contribution in [0.1, 0.15) is 21.9 Å². The Morgan fingerprint density at radius 1 is 1.07 bits per heavy atom. The second-order valence-electron chi connectivity index (χ2n) is 6.41. The van der Waals surface area contributed by atoms with E-state index in [1.807, 2.05) is 61.5 Å². The zero-order chi connectivity index (χ0) is 19.7. The molecule has 4 rings (SSSR count). The third kappa shape index (κ3) is 3.49. The standard InChI is InChI=1S/C23H16BrNO3/c1-14-7-9-17(28-14)10-12-20(26)22-21(15-5-3-2-4-6-15)18-13-16(24)8-11-19(18)25-23(22)27/h2-13H,1H3,(H,25,27). The smallest absolute Gasteiger partial charge is 0.260 e. The first-order valence-corrected chi connectivity index (χ1v) is 9.52. The topological polar surface area (TPSA) is 63.1 Å². The first-order valence-electron chi connectivity index (χ1n) is 8.73. The summed E-state index contributed by atoms with van der Waals surface area (Å²) in [6, 6.07) is 18.6. The number of furan rings is 1. The molecule has 0 amide bonds. The van der Waals surface area contributed by atoms with Crippen LogP contribution >= 0.6 is 15.9 Å². The Morgan fingerprint density at radius 2 is 1.86 bits per heavy atom. The highest BCUT2D eigenvalue weighted by molar-refractivity contribution is 9.10. The highest BCUT2D eigenvalue weighted by Gasteiger charge is 2.19. The maximum atomic E-state index is 13.0. The number of hydrogen-bond acceptors (Lipinski definition) is 3. The van der Waals surface area contributed by atoms with Gasteiger partial charge in [-0.05, 0) is 55.0 Å². The number of aromatic nitrogens is 1. The molecule has 1 N–H and O–H groups in total. The molecule has 0 aliphatic heterocycles. The van der Waals surface area contributed by atoms with Crippen LogP contribution in [0.25, 0.3) is 28.1 Å². The van der Waals surface area contributed by atoms with Crippen molar-refractivity contribution >= 4 is 38.7 Å². The number of aromatic amines is 1. The van der Waals surface area contributed by atoms with E-state index in [0.717, 1.165) is 21.2 Å². The monoisotopic (exact) mass is 433 g/mol. The SMILES string of the molecule is Cc1ccc(C=CC(=O)c2c(-c3ccccc3)c3cc(Br)ccc3[nH]c2=O)o1. The first-order chi connectivity index (χ1) is 13.5. The Labute approximate surface area is 169 Å². The Hall–Kier alpha value is -3.18. The number of rotatable bonds is 4. The molecule has 4 nitrogen and oxygen atoms in total. The van der Waals surface area contributed by atoms with Gasteiger partial charge in [0.05, 0.1) is 5.56 Å². The summed E-state index contributed by atoms with van der Waals surface area (Å²) in [5.74, 6) is 0.939. The lowest BCUT2D eigenvalue weighted by atomic mass is 9.94. The summed E-state index contributed by atoms with van der Waals surface area (Å²) in [6.07, 6.45) is 2.95. The molecule has 0 saturated heterocycles. The van der Waals surface area contributed by atoms with Crippen molar-refractivity contribution in [1.82, 2.24) is 4.98 Å². The van der Waals surface area contributed by atoms with Gasteiger partial charge in [-0.1, -0.05) is 46.3 Å². The van der Waals surface area contributed by atoms with E-state index < -0.39 is 5.56 Å². The second kappa shape index (κ2) is 7.44. The lowest BCUT2D eigenvalue weighted by molar-refractivity contribution is 0.104. The molecule has 5 heteroatoms. The van der Waals surface area contributed by atoms with Crippen molar-refractivity contribution in [2.75, 3.05) is 0 Å². The molecular weight excluding hydrogens is 418 g/mol. The molecule has 0 atom stereocenters. The number of carbonyl (C=O) groups excluding carboxylic acids is 1. The van der Waals surface area contributed by atoms with Crippen molar-refractivity contribution in [3.8, 4) is 11.1 Å². The van der Waals surface area contributed by atoms with Crippen molar-refractivity contribution in [3.05, 3.63) is 98.7 Å². The molecule has 0 bridgehead atoms. The lowest BCUT2D eigenvalue weighted by Gasteiger charge is -2.11. The molecule has 0 fully saturated rings. The third-order valence-electron chi connectivity index (χ3n) is 4.45. The largest absolute Gasteiger partial charge is 0.462 e. The van der Waals surface area contributed by atoms with Gasteiger partial charge in [-0.15, -0.1) is 0 Å². The maximum absolute atomic E-state index is 13.0. The molecule has 28 heavy (non-hydrogen) atoms. The second-order valence-corrected chi connectivity index (χ2v) is 7.32. The van der Waals surface area contributed by atoms with Crippen LogP contribution in [0.5, 0.6) is 0 Å². The minimum Gasteiger partial charge on any atom is -0.462 e. The molecule has 2 heterocycles. The Morgan fingerprint density at radius 3 is 2.57 bits per heavy atom.